The number of carbonyl (C=O) groups excluding carboxylic acids is 1. The van der Waals surface area contributed by atoms with E-state index in [0.717, 1.165) is 11.8 Å². The summed E-state index contributed by atoms with van der Waals surface area (Å²) in [6, 6.07) is 10.7. The number of rotatable bonds is 6. The standard InChI is InChI=1S/C17H17F2NO/c1-2-17(21)13-3-5-16(6-4-13)20-8-7-12-9-14(18)11-15(19)10-12/h3-6,9-11,20H,2,7-8H2,1H3. The summed E-state index contributed by atoms with van der Waals surface area (Å²) in [6.45, 7) is 2.39. The Kier molecular flexibility index (Phi) is 5.04. The van der Waals surface area contributed by atoms with Gasteiger partial charge in [-0.25, -0.2) is 8.78 Å². The van der Waals surface area contributed by atoms with Crippen molar-refractivity contribution >= 4 is 11.5 Å². The molecule has 2 nitrogen and oxygen atoms in total. The van der Waals surface area contributed by atoms with Crippen LogP contribution in [0.4, 0.5) is 14.5 Å². The number of carbonyl (C=O) groups is 1. The molecular formula is C17H17F2NO. The normalized spacial score (nSPS) is 10.4. The van der Waals surface area contributed by atoms with Gasteiger partial charge in [0.1, 0.15) is 11.6 Å². The highest BCUT2D eigenvalue weighted by Crippen LogP contribution is 2.12. The van der Waals surface area contributed by atoms with E-state index in [1.807, 2.05) is 19.1 Å². The molecule has 0 aliphatic rings. The number of halogens is 2. The van der Waals surface area contributed by atoms with Gasteiger partial charge in [0.05, 0.1) is 0 Å². The zero-order valence-corrected chi connectivity index (χ0v) is 11.8. The molecule has 0 radical (unpaired) electrons. The predicted octanol–water partition coefficient (Wildman–Crippen LogP) is 4.21. The molecule has 0 saturated heterocycles. The monoisotopic (exact) mass is 289 g/mol. The quantitative estimate of drug-likeness (QED) is 0.807. The number of hydrogen-bond acceptors (Lipinski definition) is 2. The van der Waals surface area contributed by atoms with Crippen LogP contribution in [-0.2, 0) is 6.42 Å². The molecule has 0 aliphatic heterocycles. The molecule has 21 heavy (non-hydrogen) atoms. The summed E-state index contributed by atoms with van der Waals surface area (Å²) in [5, 5.41) is 3.16. The van der Waals surface area contributed by atoms with Crippen LogP contribution in [0.2, 0.25) is 0 Å². The number of ketones is 1. The van der Waals surface area contributed by atoms with E-state index in [0.29, 0.717) is 30.5 Å². The zero-order chi connectivity index (χ0) is 15.2. The third-order valence-corrected chi connectivity index (χ3v) is 3.19. The highest BCUT2D eigenvalue weighted by atomic mass is 19.1. The summed E-state index contributed by atoms with van der Waals surface area (Å²) < 4.78 is 26.1. The second-order valence-electron chi connectivity index (χ2n) is 4.81. The van der Waals surface area contributed by atoms with E-state index in [9.17, 15) is 13.6 Å². The van der Waals surface area contributed by atoms with Crippen LogP contribution in [0.3, 0.4) is 0 Å². The number of benzene rings is 2. The largest absolute Gasteiger partial charge is 0.385 e. The predicted molar refractivity (Wildman–Crippen MR) is 79.6 cm³/mol. The van der Waals surface area contributed by atoms with E-state index >= 15 is 0 Å². The lowest BCUT2D eigenvalue weighted by atomic mass is 10.1. The van der Waals surface area contributed by atoms with Crippen molar-refractivity contribution < 1.29 is 13.6 Å². The third kappa shape index (κ3) is 4.38. The van der Waals surface area contributed by atoms with E-state index < -0.39 is 11.6 Å². The van der Waals surface area contributed by atoms with E-state index in [-0.39, 0.29) is 5.78 Å². The minimum Gasteiger partial charge on any atom is -0.385 e. The second-order valence-corrected chi connectivity index (χ2v) is 4.81. The smallest absolute Gasteiger partial charge is 0.162 e. The fourth-order valence-corrected chi connectivity index (χ4v) is 2.08. The van der Waals surface area contributed by atoms with Crippen LogP contribution in [0, 0.1) is 11.6 Å². The van der Waals surface area contributed by atoms with Gasteiger partial charge >= 0.3 is 0 Å². The first-order chi connectivity index (χ1) is 10.1. The summed E-state index contributed by atoms with van der Waals surface area (Å²) in [5.74, 6) is -1.02. The first-order valence-electron chi connectivity index (χ1n) is 6.90. The van der Waals surface area contributed by atoms with Crippen LogP contribution >= 0.6 is 0 Å². The summed E-state index contributed by atoms with van der Waals surface area (Å²) in [5.41, 5.74) is 2.17. The van der Waals surface area contributed by atoms with Gasteiger partial charge in [0.25, 0.3) is 0 Å². The molecule has 0 amide bonds. The molecule has 0 unspecified atom stereocenters. The second kappa shape index (κ2) is 6.97. The minimum atomic E-state index is -0.563. The molecule has 0 spiro atoms. The van der Waals surface area contributed by atoms with Crippen molar-refractivity contribution in [3.63, 3.8) is 0 Å². The lowest BCUT2D eigenvalue weighted by Gasteiger charge is -2.07. The molecule has 0 saturated carbocycles. The van der Waals surface area contributed by atoms with E-state index in [2.05, 4.69) is 5.32 Å². The highest BCUT2D eigenvalue weighted by molar-refractivity contribution is 5.96. The Morgan fingerprint density at radius 3 is 2.24 bits per heavy atom. The Balaban J connectivity index is 1.90. The van der Waals surface area contributed by atoms with Crippen LogP contribution in [0.5, 0.6) is 0 Å². The van der Waals surface area contributed by atoms with Gasteiger partial charge in [-0.1, -0.05) is 6.92 Å². The van der Waals surface area contributed by atoms with Gasteiger partial charge in [-0.15, -0.1) is 0 Å². The first kappa shape index (κ1) is 15.2. The van der Waals surface area contributed by atoms with Crippen LogP contribution in [-0.4, -0.2) is 12.3 Å². The van der Waals surface area contributed by atoms with Crippen LogP contribution in [0.15, 0.2) is 42.5 Å². The Morgan fingerprint density at radius 1 is 1.05 bits per heavy atom. The Hall–Kier alpha value is -2.23. The highest BCUT2D eigenvalue weighted by Gasteiger charge is 2.03. The molecule has 0 heterocycles. The topological polar surface area (TPSA) is 29.1 Å². The molecule has 0 aliphatic carbocycles. The molecule has 0 aromatic heterocycles. The average molecular weight is 289 g/mol. The van der Waals surface area contributed by atoms with E-state index in [1.165, 1.54) is 12.1 Å². The maximum atomic E-state index is 13.0. The van der Waals surface area contributed by atoms with Crippen molar-refractivity contribution in [1.29, 1.82) is 0 Å². The van der Waals surface area contributed by atoms with Gasteiger partial charge in [-0.05, 0) is 48.4 Å². The van der Waals surface area contributed by atoms with Crippen molar-refractivity contribution in [2.45, 2.75) is 19.8 Å². The maximum Gasteiger partial charge on any atom is 0.162 e. The van der Waals surface area contributed by atoms with Gasteiger partial charge in [-0.2, -0.15) is 0 Å². The van der Waals surface area contributed by atoms with Crippen molar-refractivity contribution in [1.82, 2.24) is 0 Å². The lowest BCUT2D eigenvalue weighted by Crippen LogP contribution is -2.06. The molecule has 0 fully saturated rings. The number of anilines is 1. The van der Waals surface area contributed by atoms with Crippen LogP contribution < -0.4 is 5.32 Å². The molecule has 0 bridgehead atoms. The van der Waals surface area contributed by atoms with Crippen molar-refractivity contribution in [3.05, 3.63) is 65.2 Å². The fraction of sp³-hybridized carbons (Fsp3) is 0.235. The van der Waals surface area contributed by atoms with Gasteiger partial charge in [0.15, 0.2) is 5.78 Å². The van der Waals surface area contributed by atoms with Gasteiger partial charge in [-0.3, -0.25) is 4.79 Å². The van der Waals surface area contributed by atoms with E-state index in [1.54, 1.807) is 12.1 Å². The van der Waals surface area contributed by atoms with Gasteiger partial charge in [0, 0.05) is 30.3 Å². The van der Waals surface area contributed by atoms with Crippen LogP contribution in [0.25, 0.3) is 0 Å². The van der Waals surface area contributed by atoms with E-state index in [4.69, 9.17) is 0 Å². The zero-order valence-electron chi connectivity index (χ0n) is 11.8. The van der Waals surface area contributed by atoms with Crippen molar-refractivity contribution in [3.8, 4) is 0 Å². The molecule has 2 aromatic rings. The summed E-state index contributed by atoms with van der Waals surface area (Å²) in [7, 11) is 0. The van der Waals surface area contributed by atoms with Gasteiger partial charge in [0.2, 0.25) is 0 Å². The number of hydrogen-bond donors (Lipinski definition) is 1. The summed E-state index contributed by atoms with van der Waals surface area (Å²) >= 11 is 0. The molecule has 4 heteroatoms. The molecule has 1 N–H and O–H groups in total. The molecule has 0 atom stereocenters. The Morgan fingerprint density at radius 2 is 1.67 bits per heavy atom. The third-order valence-electron chi connectivity index (χ3n) is 3.19. The summed E-state index contributed by atoms with van der Waals surface area (Å²) in [6.07, 6.45) is 1.00. The molecule has 2 aromatic carbocycles. The fourth-order valence-electron chi connectivity index (χ4n) is 2.08. The van der Waals surface area contributed by atoms with Crippen molar-refractivity contribution in [2.75, 3.05) is 11.9 Å². The Bertz CT molecular complexity index is 603. The average Bonchev–Trinajstić information content (AvgIpc) is 2.46. The number of Topliss-reactive ketones (excluding diaryl/α,β-unsaturated/α-hetero) is 1. The summed E-state index contributed by atoms with van der Waals surface area (Å²) in [4.78, 5) is 11.5. The van der Waals surface area contributed by atoms with Crippen molar-refractivity contribution in [2.24, 2.45) is 0 Å². The van der Waals surface area contributed by atoms with Crippen LogP contribution in [0.1, 0.15) is 29.3 Å². The SMILES string of the molecule is CCC(=O)c1ccc(NCCc2cc(F)cc(F)c2)cc1. The molecule has 110 valence electrons. The minimum absolute atomic E-state index is 0.108. The van der Waals surface area contributed by atoms with Gasteiger partial charge < -0.3 is 5.32 Å². The number of nitrogens with one attached hydrogen (secondary N) is 1. The lowest BCUT2D eigenvalue weighted by molar-refractivity contribution is 0.0988. The first-order valence-corrected chi connectivity index (χ1v) is 6.90. The Labute approximate surface area is 122 Å². The molecular weight excluding hydrogens is 272 g/mol. The molecule has 2 rings (SSSR count). The maximum absolute atomic E-state index is 13.0.